The molecule has 1 aliphatic rings. The molecule has 0 saturated carbocycles. The number of rotatable bonds is 6. The van der Waals surface area contributed by atoms with Gasteiger partial charge in [0.1, 0.15) is 30.6 Å². The summed E-state index contributed by atoms with van der Waals surface area (Å²) < 4.78 is 0.451. The van der Waals surface area contributed by atoms with E-state index in [-0.39, 0.29) is 0 Å². The molecular weight excluding hydrogens is 286 g/mol. The van der Waals surface area contributed by atoms with Crippen molar-refractivity contribution in [3.8, 4) is 6.07 Å². The number of benzene rings is 1. The summed E-state index contributed by atoms with van der Waals surface area (Å²) in [5, 5.41) is 23.9. The highest BCUT2D eigenvalue weighted by Crippen LogP contribution is 2.31. The summed E-state index contributed by atoms with van der Waals surface area (Å²) in [6.45, 7) is 8.86. The Kier molecular flexibility index (Phi) is 5.35. The van der Waals surface area contributed by atoms with Gasteiger partial charge in [-0.2, -0.15) is 9.85 Å². The highest BCUT2D eigenvalue weighted by molar-refractivity contribution is 6.12. The fourth-order valence-electron chi connectivity index (χ4n) is 3.05. The Bertz CT molecular complexity index is 652. The zero-order valence-corrected chi connectivity index (χ0v) is 14.5. The predicted octanol–water partition coefficient (Wildman–Crippen LogP) is 3.57. The molecule has 4 nitrogen and oxygen atoms in total. The van der Waals surface area contributed by atoms with Gasteiger partial charge in [-0.1, -0.05) is 31.1 Å². The molecule has 0 fully saturated rings. The van der Waals surface area contributed by atoms with E-state index >= 15 is 0 Å². The van der Waals surface area contributed by atoms with Crippen molar-refractivity contribution in [2.24, 2.45) is 5.10 Å². The van der Waals surface area contributed by atoms with Crippen LogP contribution in [0, 0.1) is 11.3 Å². The van der Waals surface area contributed by atoms with E-state index in [2.05, 4.69) is 33.0 Å². The van der Waals surface area contributed by atoms with Gasteiger partial charge in [-0.15, -0.1) is 0 Å². The maximum Gasteiger partial charge on any atom is 0.135 e. The van der Waals surface area contributed by atoms with Crippen LogP contribution in [0.15, 0.2) is 41.1 Å². The van der Waals surface area contributed by atoms with Gasteiger partial charge < -0.3 is 5.11 Å². The number of aliphatic hydroxyl groups excluding tert-OH is 1. The fraction of sp³-hybridized carbons (Fsp3) is 0.474. The third-order valence-electron chi connectivity index (χ3n) is 4.55. The molecule has 0 aliphatic carbocycles. The Balaban J connectivity index is 2.49. The standard InChI is InChI=1S/C19H26N3O/c1-5-14(3)22(12-15(4)23)13-17(6-2)19(21-22)18-9-7-16(11-20)8-10-18/h7-10,13-15,23H,5-6,12H2,1-4H3/q+1/t14?,15-,22?/m0/s1. The van der Waals surface area contributed by atoms with E-state index in [1.165, 1.54) is 5.57 Å². The minimum Gasteiger partial charge on any atom is -0.387 e. The lowest BCUT2D eigenvalue weighted by atomic mass is 10.0. The monoisotopic (exact) mass is 312 g/mol. The van der Waals surface area contributed by atoms with Crippen LogP contribution in [0.5, 0.6) is 0 Å². The summed E-state index contributed by atoms with van der Waals surface area (Å²) in [5.74, 6) is 0. The van der Waals surface area contributed by atoms with Gasteiger partial charge in [0.25, 0.3) is 0 Å². The number of nitrogens with zero attached hydrogens (tertiary/aromatic N) is 3. The highest BCUT2D eigenvalue weighted by atomic mass is 16.3. The minimum absolute atomic E-state index is 0.307. The lowest BCUT2D eigenvalue weighted by Crippen LogP contribution is -2.48. The smallest absolute Gasteiger partial charge is 0.135 e. The molecule has 1 aromatic rings. The quantitative estimate of drug-likeness (QED) is 0.816. The highest BCUT2D eigenvalue weighted by Gasteiger charge is 2.40. The third kappa shape index (κ3) is 3.52. The third-order valence-corrected chi connectivity index (χ3v) is 4.55. The molecule has 0 aromatic heterocycles. The Labute approximate surface area is 139 Å². The molecule has 122 valence electrons. The second-order valence-electron chi connectivity index (χ2n) is 6.32. The molecule has 3 atom stereocenters. The van der Waals surface area contributed by atoms with Gasteiger partial charge in [0, 0.05) is 11.1 Å². The molecule has 1 aromatic carbocycles. The second-order valence-corrected chi connectivity index (χ2v) is 6.32. The summed E-state index contributed by atoms with van der Waals surface area (Å²) in [4.78, 5) is 0. The van der Waals surface area contributed by atoms with Crippen molar-refractivity contribution >= 4 is 5.71 Å². The Morgan fingerprint density at radius 1 is 1.22 bits per heavy atom. The van der Waals surface area contributed by atoms with Gasteiger partial charge in [-0.25, -0.2) is 0 Å². The molecule has 4 heteroatoms. The molecule has 1 heterocycles. The first-order valence-electron chi connectivity index (χ1n) is 8.34. The van der Waals surface area contributed by atoms with E-state index in [1.54, 1.807) is 0 Å². The summed E-state index contributed by atoms with van der Waals surface area (Å²) in [6.07, 6.45) is 3.68. The van der Waals surface area contributed by atoms with Crippen LogP contribution in [-0.4, -0.2) is 34.1 Å². The van der Waals surface area contributed by atoms with E-state index < -0.39 is 6.10 Å². The first-order chi connectivity index (χ1) is 11.0. The average Bonchev–Trinajstić information content (AvgIpc) is 2.93. The van der Waals surface area contributed by atoms with Crippen molar-refractivity contribution in [2.45, 2.75) is 52.7 Å². The Morgan fingerprint density at radius 2 is 1.87 bits per heavy atom. The summed E-state index contributed by atoms with van der Waals surface area (Å²) in [6, 6.07) is 10.0. The van der Waals surface area contributed by atoms with Crippen molar-refractivity contribution in [3.05, 3.63) is 47.2 Å². The molecule has 0 saturated heterocycles. The van der Waals surface area contributed by atoms with Crippen LogP contribution < -0.4 is 0 Å². The number of nitriles is 1. The summed E-state index contributed by atoms with van der Waals surface area (Å²) in [7, 11) is 0. The lowest BCUT2D eigenvalue weighted by Gasteiger charge is -2.32. The van der Waals surface area contributed by atoms with E-state index in [4.69, 9.17) is 10.4 Å². The maximum absolute atomic E-state index is 9.96. The normalized spacial score (nSPS) is 23.0. The topological polar surface area (TPSA) is 56.4 Å². The number of hydrogen-bond donors (Lipinski definition) is 1. The fourth-order valence-corrected chi connectivity index (χ4v) is 3.05. The molecule has 1 aliphatic heterocycles. The molecular formula is C19H26N3O+. The van der Waals surface area contributed by atoms with Crippen LogP contribution in [0.1, 0.15) is 51.7 Å². The van der Waals surface area contributed by atoms with Gasteiger partial charge >= 0.3 is 0 Å². The van der Waals surface area contributed by atoms with Crippen molar-refractivity contribution < 1.29 is 9.70 Å². The number of aliphatic hydroxyl groups is 1. The molecule has 0 bridgehead atoms. The van der Waals surface area contributed by atoms with E-state index in [1.807, 2.05) is 31.2 Å². The van der Waals surface area contributed by atoms with Crippen LogP contribution in [0.2, 0.25) is 0 Å². The van der Waals surface area contributed by atoms with Crippen LogP contribution in [0.3, 0.4) is 0 Å². The van der Waals surface area contributed by atoms with Crippen LogP contribution in [-0.2, 0) is 0 Å². The molecule has 0 amide bonds. The maximum atomic E-state index is 9.96. The minimum atomic E-state index is -0.414. The average molecular weight is 312 g/mol. The first kappa shape index (κ1) is 17.4. The van der Waals surface area contributed by atoms with E-state index in [0.717, 1.165) is 24.1 Å². The summed E-state index contributed by atoms with van der Waals surface area (Å²) in [5.41, 5.74) is 3.88. The molecule has 0 radical (unpaired) electrons. The van der Waals surface area contributed by atoms with Crippen molar-refractivity contribution in [3.63, 3.8) is 0 Å². The van der Waals surface area contributed by atoms with Crippen LogP contribution >= 0.6 is 0 Å². The number of hydrogen-bond acceptors (Lipinski definition) is 3. The first-order valence-corrected chi connectivity index (χ1v) is 8.34. The Morgan fingerprint density at radius 3 is 2.35 bits per heavy atom. The Hall–Kier alpha value is -1.96. The molecule has 0 spiro atoms. The second kappa shape index (κ2) is 7.08. The van der Waals surface area contributed by atoms with Gasteiger partial charge in [-0.05, 0) is 38.8 Å². The van der Waals surface area contributed by atoms with Gasteiger partial charge in [0.2, 0.25) is 0 Å². The van der Waals surface area contributed by atoms with Gasteiger partial charge in [0.05, 0.1) is 11.6 Å². The molecule has 2 unspecified atom stereocenters. The largest absolute Gasteiger partial charge is 0.387 e. The van der Waals surface area contributed by atoms with Crippen molar-refractivity contribution in [1.82, 2.24) is 0 Å². The SMILES string of the molecule is CCC1=C[N+](C[C@H](C)O)(C(C)CC)N=C1c1ccc(C#N)cc1. The lowest BCUT2D eigenvalue weighted by molar-refractivity contribution is -0.909. The number of allylic oxidation sites excluding steroid dienone is 1. The van der Waals surface area contributed by atoms with Crippen LogP contribution in [0.25, 0.3) is 0 Å². The van der Waals surface area contributed by atoms with E-state index in [9.17, 15) is 5.11 Å². The van der Waals surface area contributed by atoms with Crippen molar-refractivity contribution in [2.75, 3.05) is 6.54 Å². The van der Waals surface area contributed by atoms with Gasteiger partial charge in [-0.3, -0.25) is 0 Å². The predicted molar refractivity (Wildman–Crippen MR) is 92.6 cm³/mol. The van der Waals surface area contributed by atoms with E-state index in [0.29, 0.717) is 22.7 Å². The summed E-state index contributed by atoms with van der Waals surface area (Å²) >= 11 is 0. The zero-order valence-electron chi connectivity index (χ0n) is 14.5. The van der Waals surface area contributed by atoms with Gasteiger partial charge in [0.15, 0.2) is 0 Å². The zero-order chi connectivity index (χ0) is 17.0. The molecule has 23 heavy (non-hydrogen) atoms. The molecule has 2 rings (SSSR count). The molecule has 1 N–H and O–H groups in total. The van der Waals surface area contributed by atoms with Crippen LogP contribution in [0.4, 0.5) is 0 Å². The number of quaternary nitrogens is 1. The van der Waals surface area contributed by atoms with Crippen molar-refractivity contribution in [1.29, 1.82) is 5.26 Å².